The van der Waals surface area contributed by atoms with Gasteiger partial charge in [0.05, 0.1) is 17.4 Å². The molecular weight excluding hydrogens is 528 g/mol. The molecule has 214 valence electrons. The Bertz CT molecular complexity index is 1510. The molecule has 0 heterocycles. The number of nitrogens with two attached hydrogens (primary N) is 2. The van der Waals surface area contributed by atoms with Crippen LogP contribution < -0.4 is 22.1 Å². The van der Waals surface area contributed by atoms with Crippen LogP contribution in [0.3, 0.4) is 0 Å². The number of alkyl carbamates (subject to hydrolysis) is 1. The zero-order chi connectivity index (χ0) is 29.3. The lowest BCUT2D eigenvalue weighted by Gasteiger charge is -2.15. The molecule has 1 aliphatic carbocycles. The van der Waals surface area contributed by atoms with Gasteiger partial charge in [-0.2, -0.15) is 10.2 Å². The Labute approximate surface area is 245 Å². The van der Waals surface area contributed by atoms with E-state index in [9.17, 15) is 9.59 Å². The van der Waals surface area contributed by atoms with Gasteiger partial charge in [0.15, 0.2) is 0 Å². The fourth-order valence-corrected chi connectivity index (χ4v) is 4.96. The van der Waals surface area contributed by atoms with Crippen molar-refractivity contribution in [2.24, 2.45) is 16.0 Å². The average Bonchev–Trinajstić information content (AvgIpc) is 3.33. The molecule has 5 rings (SSSR count). The number of nitrogens with zero attached hydrogens (tertiary/aromatic N) is 2. The number of rotatable bonds is 11. The Hall–Kier alpha value is -5.02. The highest BCUT2D eigenvalue weighted by molar-refractivity contribution is 5.94. The van der Waals surface area contributed by atoms with E-state index in [1.54, 1.807) is 48.5 Å². The summed E-state index contributed by atoms with van der Waals surface area (Å²) in [5, 5.41) is 14.0. The summed E-state index contributed by atoms with van der Waals surface area (Å²) < 4.78 is 5.57. The standard InChI is InChI=1S/C33H34N6O3/c34-22-12-14-24(15-13-22)38-39-25-18-16-23(17-19-25)37-32(40)31(35)11-5-6-20-36-33(41)42-21-30-28-9-3-1-7-26(28)27-8-2-4-10-29(27)30/h1-4,7-10,12-19,30-31H,5-6,11,20-21,34-35H2,(H,36,41)(H,37,40)/t31-/m0/s1. The molecule has 6 N–H and O–H groups in total. The summed E-state index contributed by atoms with van der Waals surface area (Å²) in [6.07, 6.45) is 1.41. The monoisotopic (exact) mass is 562 g/mol. The summed E-state index contributed by atoms with van der Waals surface area (Å²) in [5.74, 6) is -0.245. The van der Waals surface area contributed by atoms with Crippen molar-refractivity contribution in [3.63, 3.8) is 0 Å². The normalized spacial score (nSPS) is 12.9. The third-order valence-electron chi connectivity index (χ3n) is 7.20. The number of fused-ring (bicyclic) bond motifs is 3. The second-order valence-corrected chi connectivity index (χ2v) is 10.2. The van der Waals surface area contributed by atoms with Crippen LogP contribution in [0.1, 0.15) is 36.3 Å². The summed E-state index contributed by atoms with van der Waals surface area (Å²) in [5.41, 5.74) is 19.1. The molecule has 4 aromatic carbocycles. The van der Waals surface area contributed by atoms with Crippen molar-refractivity contribution >= 4 is 34.7 Å². The minimum Gasteiger partial charge on any atom is -0.449 e. The largest absolute Gasteiger partial charge is 0.449 e. The molecule has 2 amide bonds. The molecule has 9 nitrogen and oxygen atoms in total. The molecule has 9 heteroatoms. The van der Waals surface area contributed by atoms with Gasteiger partial charge in [0, 0.05) is 23.8 Å². The SMILES string of the molecule is Nc1ccc(N=Nc2ccc(NC(=O)[C@@H](N)CCCCNC(=O)OCC3c4ccccc4-c4ccccc43)cc2)cc1. The number of azo groups is 1. The van der Waals surface area contributed by atoms with Crippen LogP contribution in [-0.4, -0.2) is 31.2 Å². The van der Waals surface area contributed by atoms with Crippen LogP contribution in [0.4, 0.5) is 27.5 Å². The Kier molecular flexibility index (Phi) is 9.20. The predicted octanol–water partition coefficient (Wildman–Crippen LogP) is 6.66. The van der Waals surface area contributed by atoms with E-state index in [0.717, 1.165) is 0 Å². The first kappa shape index (κ1) is 28.5. The van der Waals surface area contributed by atoms with Crippen LogP contribution in [0.2, 0.25) is 0 Å². The summed E-state index contributed by atoms with van der Waals surface area (Å²) in [4.78, 5) is 24.9. The third-order valence-corrected chi connectivity index (χ3v) is 7.20. The predicted molar refractivity (Wildman–Crippen MR) is 165 cm³/mol. The summed E-state index contributed by atoms with van der Waals surface area (Å²) in [7, 11) is 0. The minimum atomic E-state index is -0.663. The minimum absolute atomic E-state index is 0.0230. The summed E-state index contributed by atoms with van der Waals surface area (Å²) in [6.45, 7) is 0.717. The quantitative estimate of drug-likeness (QED) is 0.0918. The molecule has 4 aromatic rings. The zero-order valence-electron chi connectivity index (χ0n) is 23.2. The van der Waals surface area contributed by atoms with Gasteiger partial charge in [-0.1, -0.05) is 48.5 Å². The Morgan fingerprint density at radius 1 is 0.786 bits per heavy atom. The lowest BCUT2D eigenvalue weighted by atomic mass is 9.98. The molecule has 0 aromatic heterocycles. The highest BCUT2D eigenvalue weighted by Crippen LogP contribution is 2.44. The van der Waals surface area contributed by atoms with E-state index >= 15 is 0 Å². The molecule has 0 aliphatic heterocycles. The van der Waals surface area contributed by atoms with Crippen LogP contribution in [0, 0.1) is 0 Å². The van der Waals surface area contributed by atoms with E-state index in [1.165, 1.54) is 22.3 Å². The van der Waals surface area contributed by atoms with Gasteiger partial charge in [-0.05, 0) is 90.0 Å². The van der Waals surface area contributed by atoms with Crippen molar-refractivity contribution in [2.45, 2.75) is 31.2 Å². The molecule has 0 radical (unpaired) electrons. The van der Waals surface area contributed by atoms with E-state index in [0.29, 0.717) is 48.6 Å². The number of carbonyl (C=O) groups excluding carboxylic acids is 2. The summed E-state index contributed by atoms with van der Waals surface area (Å²) >= 11 is 0. The van der Waals surface area contributed by atoms with Crippen LogP contribution >= 0.6 is 0 Å². The number of hydrogen-bond donors (Lipinski definition) is 4. The zero-order valence-corrected chi connectivity index (χ0v) is 23.2. The second kappa shape index (κ2) is 13.6. The van der Waals surface area contributed by atoms with Crippen molar-refractivity contribution < 1.29 is 14.3 Å². The van der Waals surface area contributed by atoms with Gasteiger partial charge in [0.2, 0.25) is 5.91 Å². The van der Waals surface area contributed by atoms with E-state index in [2.05, 4.69) is 45.1 Å². The van der Waals surface area contributed by atoms with Gasteiger partial charge >= 0.3 is 6.09 Å². The van der Waals surface area contributed by atoms with Crippen molar-refractivity contribution in [1.29, 1.82) is 0 Å². The van der Waals surface area contributed by atoms with Crippen LogP contribution in [-0.2, 0) is 9.53 Å². The Balaban J connectivity index is 0.987. The number of ether oxygens (including phenoxy) is 1. The van der Waals surface area contributed by atoms with Gasteiger partial charge in [-0.15, -0.1) is 0 Å². The number of carbonyl (C=O) groups is 2. The van der Waals surface area contributed by atoms with Crippen molar-refractivity contribution in [2.75, 3.05) is 24.2 Å². The Morgan fingerprint density at radius 3 is 1.98 bits per heavy atom. The molecule has 0 unspecified atom stereocenters. The smallest absolute Gasteiger partial charge is 0.407 e. The van der Waals surface area contributed by atoms with Crippen LogP contribution in [0.15, 0.2) is 107 Å². The number of unbranched alkanes of at least 4 members (excludes halogenated alkanes) is 1. The van der Waals surface area contributed by atoms with E-state index in [4.69, 9.17) is 16.2 Å². The number of benzene rings is 4. The maximum Gasteiger partial charge on any atom is 0.407 e. The maximum absolute atomic E-state index is 12.5. The highest BCUT2D eigenvalue weighted by atomic mass is 16.5. The molecule has 0 saturated carbocycles. The van der Waals surface area contributed by atoms with E-state index in [1.807, 2.05) is 24.3 Å². The van der Waals surface area contributed by atoms with E-state index in [-0.39, 0.29) is 18.4 Å². The molecule has 42 heavy (non-hydrogen) atoms. The number of nitrogens with one attached hydrogen (secondary N) is 2. The van der Waals surface area contributed by atoms with Crippen molar-refractivity contribution in [3.05, 3.63) is 108 Å². The molecular formula is C33H34N6O3. The van der Waals surface area contributed by atoms with Crippen LogP contribution in [0.25, 0.3) is 11.1 Å². The first-order valence-corrected chi connectivity index (χ1v) is 14.0. The molecule has 1 aliphatic rings. The molecule has 1 atom stereocenters. The molecule has 0 bridgehead atoms. The molecule has 0 saturated heterocycles. The highest BCUT2D eigenvalue weighted by Gasteiger charge is 2.28. The number of hydrogen-bond acceptors (Lipinski definition) is 7. The van der Waals surface area contributed by atoms with Gasteiger partial charge in [0.25, 0.3) is 0 Å². The fraction of sp³-hybridized carbons (Fsp3) is 0.212. The van der Waals surface area contributed by atoms with Gasteiger partial charge in [-0.25, -0.2) is 4.79 Å². The summed E-state index contributed by atoms with van der Waals surface area (Å²) in [6, 6.07) is 29.9. The number of anilines is 2. The number of nitrogen functional groups attached to an aromatic ring is 1. The lowest BCUT2D eigenvalue weighted by molar-refractivity contribution is -0.117. The topological polar surface area (TPSA) is 144 Å². The van der Waals surface area contributed by atoms with Crippen molar-refractivity contribution in [1.82, 2.24) is 5.32 Å². The van der Waals surface area contributed by atoms with Gasteiger partial charge in [0.1, 0.15) is 6.61 Å². The van der Waals surface area contributed by atoms with Crippen molar-refractivity contribution in [3.8, 4) is 11.1 Å². The van der Waals surface area contributed by atoms with Gasteiger partial charge < -0.3 is 26.8 Å². The fourth-order valence-electron chi connectivity index (χ4n) is 4.96. The van der Waals surface area contributed by atoms with Gasteiger partial charge in [-0.3, -0.25) is 4.79 Å². The third kappa shape index (κ3) is 7.18. The molecule has 0 fully saturated rings. The first-order valence-electron chi connectivity index (χ1n) is 14.0. The first-order chi connectivity index (χ1) is 20.5. The van der Waals surface area contributed by atoms with E-state index < -0.39 is 12.1 Å². The molecule has 0 spiro atoms. The second-order valence-electron chi connectivity index (χ2n) is 10.2. The maximum atomic E-state index is 12.5. The van der Waals surface area contributed by atoms with Crippen LogP contribution in [0.5, 0.6) is 0 Å². The lowest BCUT2D eigenvalue weighted by Crippen LogP contribution is -2.35. The Morgan fingerprint density at radius 2 is 1.36 bits per heavy atom. The number of amides is 2. The average molecular weight is 563 g/mol.